The minimum absolute atomic E-state index is 0.548. The van der Waals surface area contributed by atoms with Crippen LogP contribution in [0.15, 0.2) is 18.2 Å². The molecule has 0 radical (unpaired) electrons. The zero-order valence-corrected chi connectivity index (χ0v) is 11.4. The molecule has 1 fully saturated rings. The summed E-state index contributed by atoms with van der Waals surface area (Å²) in [6, 6.07) is 6.17. The summed E-state index contributed by atoms with van der Waals surface area (Å²) in [4.78, 5) is 2.40. The number of halogens is 1. The summed E-state index contributed by atoms with van der Waals surface area (Å²) < 4.78 is 0. The molecule has 2 rings (SSSR count). The maximum atomic E-state index is 6.34. The fourth-order valence-electron chi connectivity index (χ4n) is 2.79. The van der Waals surface area contributed by atoms with Gasteiger partial charge in [0.1, 0.15) is 0 Å². The van der Waals surface area contributed by atoms with E-state index in [1.807, 2.05) is 6.07 Å². The van der Waals surface area contributed by atoms with Crippen molar-refractivity contribution in [2.24, 2.45) is 17.6 Å². The van der Waals surface area contributed by atoms with Crippen LogP contribution in [-0.2, 0) is 6.54 Å². The van der Waals surface area contributed by atoms with Gasteiger partial charge >= 0.3 is 0 Å². The van der Waals surface area contributed by atoms with Gasteiger partial charge in [-0.3, -0.25) is 0 Å². The van der Waals surface area contributed by atoms with Crippen molar-refractivity contribution in [3.63, 3.8) is 0 Å². The van der Waals surface area contributed by atoms with Gasteiger partial charge in [-0.2, -0.15) is 0 Å². The number of anilines is 1. The molecule has 2 nitrogen and oxygen atoms in total. The third-order valence-corrected chi connectivity index (χ3v) is 3.76. The molecule has 0 aromatic heterocycles. The Morgan fingerprint density at radius 1 is 1.29 bits per heavy atom. The summed E-state index contributed by atoms with van der Waals surface area (Å²) in [6.45, 7) is 7.38. The lowest BCUT2D eigenvalue weighted by molar-refractivity contribution is 0.357. The van der Waals surface area contributed by atoms with Gasteiger partial charge < -0.3 is 10.6 Å². The smallest absolute Gasteiger partial charge is 0.0642 e. The van der Waals surface area contributed by atoms with E-state index in [0.717, 1.165) is 41.2 Å². The monoisotopic (exact) mass is 252 g/mol. The number of piperidine rings is 1. The van der Waals surface area contributed by atoms with Crippen molar-refractivity contribution in [1.82, 2.24) is 0 Å². The van der Waals surface area contributed by atoms with Gasteiger partial charge in [-0.05, 0) is 36.0 Å². The molecule has 1 saturated heterocycles. The molecule has 1 aromatic carbocycles. The molecule has 1 aromatic rings. The number of nitrogens with two attached hydrogens (primary N) is 1. The zero-order valence-electron chi connectivity index (χ0n) is 10.6. The Balaban J connectivity index is 2.21. The largest absolute Gasteiger partial charge is 0.370 e. The normalized spacial score (nSPS) is 25.1. The van der Waals surface area contributed by atoms with Crippen molar-refractivity contribution >= 4 is 17.3 Å². The summed E-state index contributed by atoms with van der Waals surface area (Å²) >= 11 is 6.34. The standard InChI is InChI=1S/C14H21ClN2/c1-10-5-11(2)9-17(8-10)14-4-3-12(7-16)6-13(14)15/h3-4,6,10-11H,5,7-9,16H2,1-2H3. The van der Waals surface area contributed by atoms with Crippen molar-refractivity contribution in [3.05, 3.63) is 28.8 Å². The molecule has 0 spiro atoms. The fraction of sp³-hybridized carbons (Fsp3) is 0.571. The Labute approximate surface area is 109 Å². The lowest BCUT2D eigenvalue weighted by Gasteiger charge is -2.37. The first kappa shape index (κ1) is 12.7. The van der Waals surface area contributed by atoms with Crippen LogP contribution >= 0.6 is 11.6 Å². The van der Waals surface area contributed by atoms with E-state index in [9.17, 15) is 0 Å². The molecular weight excluding hydrogens is 232 g/mol. The Morgan fingerprint density at radius 2 is 1.94 bits per heavy atom. The lowest BCUT2D eigenvalue weighted by Crippen LogP contribution is -2.38. The summed E-state index contributed by atoms with van der Waals surface area (Å²) in [5.41, 5.74) is 7.87. The molecule has 1 aliphatic rings. The molecule has 0 amide bonds. The van der Waals surface area contributed by atoms with E-state index in [1.54, 1.807) is 0 Å². The predicted molar refractivity (Wildman–Crippen MR) is 74.5 cm³/mol. The fourth-order valence-corrected chi connectivity index (χ4v) is 3.12. The first-order chi connectivity index (χ1) is 8.10. The van der Waals surface area contributed by atoms with Crippen LogP contribution in [0.3, 0.4) is 0 Å². The molecule has 0 bridgehead atoms. The first-order valence-electron chi connectivity index (χ1n) is 6.33. The molecule has 3 heteroatoms. The Hall–Kier alpha value is -0.730. The molecule has 2 atom stereocenters. The maximum absolute atomic E-state index is 6.34. The second-order valence-electron chi connectivity index (χ2n) is 5.34. The zero-order chi connectivity index (χ0) is 12.4. The van der Waals surface area contributed by atoms with Crippen LogP contribution in [0.4, 0.5) is 5.69 Å². The second kappa shape index (κ2) is 5.28. The van der Waals surface area contributed by atoms with Gasteiger partial charge in [-0.1, -0.05) is 31.5 Å². The highest BCUT2D eigenvalue weighted by molar-refractivity contribution is 6.33. The minimum Gasteiger partial charge on any atom is -0.370 e. The van der Waals surface area contributed by atoms with Crippen LogP contribution in [0.1, 0.15) is 25.8 Å². The third kappa shape index (κ3) is 2.93. The molecule has 94 valence electrons. The number of rotatable bonds is 2. The molecule has 17 heavy (non-hydrogen) atoms. The van der Waals surface area contributed by atoms with Crippen molar-refractivity contribution in [2.75, 3.05) is 18.0 Å². The highest BCUT2D eigenvalue weighted by atomic mass is 35.5. The predicted octanol–water partition coefficient (Wildman–Crippen LogP) is 3.28. The lowest BCUT2D eigenvalue weighted by atomic mass is 9.91. The van der Waals surface area contributed by atoms with E-state index in [1.165, 1.54) is 6.42 Å². The van der Waals surface area contributed by atoms with E-state index in [4.69, 9.17) is 17.3 Å². The summed E-state index contributed by atoms with van der Waals surface area (Å²) in [5.74, 6) is 1.48. The van der Waals surface area contributed by atoms with Crippen molar-refractivity contribution < 1.29 is 0 Å². The Bertz CT molecular complexity index is 382. The topological polar surface area (TPSA) is 29.3 Å². The van der Waals surface area contributed by atoms with Crippen LogP contribution in [0.25, 0.3) is 0 Å². The minimum atomic E-state index is 0.548. The number of hydrogen-bond acceptors (Lipinski definition) is 2. The first-order valence-corrected chi connectivity index (χ1v) is 6.71. The molecule has 2 unspecified atom stereocenters. The van der Waals surface area contributed by atoms with Crippen molar-refractivity contribution in [1.29, 1.82) is 0 Å². The molecule has 1 aliphatic heterocycles. The van der Waals surface area contributed by atoms with Gasteiger partial charge in [0, 0.05) is 19.6 Å². The third-order valence-electron chi connectivity index (χ3n) is 3.46. The number of nitrogens with zero attached hydrogens (tertiary/aromatic N) is 1. The molecule has 0 aliphatic carbocycles. The Kier molecular flexibility index (Phi) is 3.95. The molecular formula is C14H21ClN2. The SMILES string of the molecule is CC1CC(C)CN(c2ccc(CN)cc2Cl)C1. The molecule has 2 N–H and O–H groups in total. The Morgan fingerprint density at radius 3 is 2.47 bits per heavy atom. The van der Waals surface area contributed by atoms with Gasteiger partial charge in [-0.25, -0.2) is 0 Å². The highest BCUT2D eigenvalue weighted by Gasteiger charge is 2.23. The van der Waals surface area contributed by atoms with E-state index in [2.05, 4.69) is 30.9 Å². The van der Waals surface area contributed by atoms with E-state index in [0.29, 0.717) is 6.54 Å². The number of hydrogen-bond donors (Lipinski definition) is 1. The van der Waals surface area contributed by atoms with Gasteiger partial charge in [-0.15, -0.1) is 0 Å². The summed E-state index contributed by atoms with van der Waals surface area (Å²) in [6.07, 6.45) is 1.31. The van der Waals surface area contributed by atoms with Gasteiger partial charge in [0.2, 0.25) is 0 Å². The van der Waals surface area contributed by atoms with Gasteiger partial charge in [0.05, 0.1) is 10.7 Å². The summed E-state index contributed by atoms with van der Waals surface area (Å²) in [5, 5.41) is 0.828. The molecule has 0 saturated carbocycles. The molecule has 1 heterocycles. The average Bonchev–Trinajstić information content (AvgIpc) is 2.27. The number of benzene rings is 1. The second-order valence-corrected chi connectivity index (χ2v) is 5.75. The van der Waals surface area contributed by atoms with E-state index >= 15 is 0 Å². The quantitative estimate of drug-likeness (QED) is 0.875. The van der Waals surface area contributed by atoms with Crippen LogP contribution in [0.5, 0.6) is 0 Å². The van der Waals surface area contributed by atoms with E-state index < -0.39 is 0 Å². The highest BCUT2D eigenvalue weighted by Crippen LogP contribution is 2.32. The van der Waals surface area contributed by atoms with E-state index in [-0.39, 0.29) is 0 Å². The van der Waals surface area contributed by atoms with Crippen LogP contribution < -0.4 is 10.6 Å². The van der Waals surface area contributed by atoms with Crippen molar-refractivity contribution in [3.8, 4) is 0 Å². The van der Waals surface area contributed by atoms with Crippen molar-refractivity contribution in [2.45, 2.75) is 26.8 Å². The van der Waals surface area contributed by atoms with Gasteiger partial charge in [0.15, 0.2) is 0 Å². The maximum Gasteiger partial charge on any atom is 0.0642 e. The van der Waals surface area contributed by atoms with Gasteiger partial charge in [0.25, 0.3) is 0 Å². The van der Waals surface area contributed by atoms with Crippen LogP contribution in [-0.4, -0.2) is 13.1 Å². The average molecular weight is 253 g/mol. The summed E-state index contributed by atoms with van der Waals surface area (Å²) in [7, 11) is 0. The van der Waals surface area contributed by atoms with Crippen LogP contribution in [0.2, 0.25) is 5.02 Å². The van der Waals surface area contributed by atoms with Crippen LogP contribution in [0, 0.1) is 11.8 Å².